The van der Waals surface area contributed by atoms with Crippen LogP contribution >= 0.6 is 15.9 Å². The van der Waals surface area contributed by atoms with Gasteiger partial charge in [-0.2, -0.15) is 0 Å². The summed E-state index contributed by atoms with van der Waals surface area (Å²) in [5, 5.41) is 18.8. The second-order valence-corrected chi connectivity index (χ2v) is 3.41. The molecule has 6 nitrogen and oxygen atoms in total. The van der Waals surface area contributed by atoms with Crippen molar-refractivity contribution in [2.24, 2.45) is 0 Å². The third-order valence-electron chi connectivity index (χ3n) is 1.48. The second kappa shape index (κ2) is 4.74. The second-order valence-electron chi connectivity index (χ2n) is 2.55. The Balaban J connectivity index is 2.90. The molecular formula is C8H6BrNO5. The Bertz CT molecular complexity index is 406. The van der Waals surface area contributed by atoms with E-state index in [4.69, 9.17) is 9.84 Å². The molecule has 0 aliphatic rings. The monoisotopic (exact) mass is 275 g/mol. The lowest BCUT2D eigenvalue weighted by atomic mass is 10.3. The first-order valence-corrected chi connectivity index (χ1v) is 4.58. The van der Waals surface area contributed by atoms with Gasteiger partial charge < -0.3 is 9.84 Å². The molecule has 15 heavy (non-hydrogen) atoms. The smallest absolute Gasteiger partial charge is 0.341 e. The van der Waals surface area contributed by atoms with Crippen molar-refractivity contribution < 1.29 is 19.6 Å². The van der Waals surface area contributed by atoms with Gasteiger partial charge in [-0.05, 0) is 22.0 Å². The third kappa shape index (κ3) is 3.21. The quantitative estimate of drug-likeness (QED) is 0.669. The van der Waals surface area contributed by atoms with E-state index in [0.717, 1.165) is 6.07 Å². The van der Waals surface area contributed by atoms with Crippen LogP contribution in [0.5, 0.6) is 5.75 Å². The van der Waals surface area contributed by atoms with Crippen molar-refractivity contribution >= 4 is 27.6 Å². The molecule has 1 aromatic carbocycles. The Kier molecular flexibility index (Phi) is 3.62. The molecule has 0 bridgehead atoms. The summed E-state index contributed by atoms with van der Waals surface area (Å²) >= 11 is 3.09. The normalized spacial score (nSPS) is 9.67. The van der Waals surface area contributed by atoms with E-state index in [1.54, 1.807) is 0 Å². The molecule has 0 aromatic heterocycles. The molecule has 0 saturated carbocycles. The van der Waals surface area contributed by atoms with Crippen molar-refractivity contribution in [2.45, 2.75) is 0 Å². The number of ether oxygens (including phenoxy) is 1. The van der Waals surface area contributed by atoms with E-state index >= 15 is 0 Å². The maximum absolute atomic E-state index is 10.4. The van der Waals surface area contributed by atoms with Gasteiger partial charge in [0.2, 0.25) is 0 Å². The SMILES string of the molecule is O=C(O)COc1cc([N+](=O)[O-])ccc1Br. The molecule has 0 amide bonds. The summed E-state index contributed by atoms with van der Waals surface area (Å²) in [7, 11) is 0. The predicted molar refractivity (Wildman–Crippen MR) is 53.9 cm³/mol. The molecule has 0 radical (unpaired) electrons. The van der Waals surface area contributed by atoms with Crippen LogP contribution in [0.15, 0.2) is 22.7 Å². The molecule has 7 heteroatoms. The first kappa shape index (κ1) is 11.4. The van der Waals surface area contributed by atoms with Crippen molar-refractivity contribution in [3.8, 4) is 5.75 Å². The van der Waals surface area contributed by atoms with Crippen LogP contribution < -0.4 is 4.74 Å². The molecule has 1 rings (SSSR count). The summed E-state index contributed by atoms with van der Waals surface area (Å²) in [4.78, 5) is 20.1. The van der Waals surface area contributed by atoms with Crippen LogP contribution in [-0.4, -0.2) is 22.6 Å². The van der Waals surface area contributed by atoms with Gasteiger partial charge in [0.1, 0.15) is 5.75 Å². The Morgan fingerprint density at radius 2 is 2.27 bits per heavy atom. The Morgan fingerprint density at radius 1 is 1.60 bits per heavy atom. The van der Waals surface area contributed by atoms with E-state index in [9.17, 15) is 14.9 Å². The largest absolute Gasteiger partial charge is 0.480 e. The van der Waals surface area contributed by atoms with Gasteiger partial charge in [-0.3, -0.25) is 10.1 Å². The highest BCUT2D eigenvalue weighted by molar-refractivity contribution is 9.10. The average molecular weight is 276 g/mol. The van der Waals surface area contributed by atoms with Gasteiger partial charge in [-0.25, -0.2) is 4.79 Å². The van der Waals surface area contributed by atoms with E-state index in [1.807, 2.05) is 0 Å². The highest BCUT2D eigenvalue weighted by atomic mass is 79.9. The maximum Gasteiger partial charge on any atom is 0.341 e. The standard InChI is InChI=1S/C8H6BrNO5/c9-6-2-1-5(10(13)14)3-7(6)15-4-8(11)12/h1-3H,4H2,(H,11,12). The molecule has 0 saturated heterocycles. The molecular weight excluding hydrogens is 270 g/mol. The minimum atomic E-state index is -1.14. The number of carboxylic acids is 1. The fourth-order valence-corrected chi connectivity index (χ4v) is 1.22. The van der Waals surface area contributed by atoms with Gasteiger partial charge in [0, 0.05) is 6.07 Å². The number of carboxylic acid groups (broad SMARTS) is 1. The predicted octanol–water partition coefficient (Wildman–Crippen LogP) is 1.82. The number of hydrogen-bond acceptors (Lipinski definition) is 4. The minimum absolute atomic E-state index is 0.131. The van der Waals surface area contributed by atoms with Crippen molar-refractivity contribution in [3.63, 3.8) is 0 Å². The molecule has 0 fully saturated rings. The minimum Gasteiger partial charge on any atom is -0.480 e. The van der Waals surface area contributed by atoms with Crippen molar-refractivity contribution in [2.75, 3.05) is 6.61 Å². The lowest BCUT2D eigenvalue weighted by Crippen LogP contribution is -2.09. The first-order valence-electron chi connectivity index (χ1n) is 3.79. The summed E-state index contributed by atoms with van der Waals surface area (Å²) in [5.74, 6) is -1.01. The average Bonchev–Trinajstić information content (AvgIpc) is 2.16. The highest BCUT2D eigenvalue weighted by Gasteiger charge is 2.11. The number of halogens is 1. The van der Waals surface area contributed by atoms with Gasteiger partial charge in [0.05, 0.1) is 15.5 Å². The Labute approximate surface area is 92.8 Å². The van der Waals surface area contributed by atoms with Crippen LogP contribution in [0.2, 0.25) is 0 Å². The van der Waals surface area contributed by atoms with Crippen LogP contribution in [-0.2, 0) is 4.79 Å². The summed E-state index contributed by atoms with van der Waals surface area (Å²) in [6.07, 6.45) is 0. The number of benzene rings is 1. The van der Waals surface area contributed by atoms with Crippen LogP contribution in [0.3, 0.4) is 0 Å². The van der Waals surface area contributed by atoms with Gasteiger partial charge in [0.25, 0.3) is 5.69 Å². The molecule has 0 heterocycles. The highest BCUT2D eigenvalue weighted by Crippen LogP contribution is 2.29. The zero-order valence-electron chi connectivity index (χ0n) is 7.34. The van der Waals surface area contributed by atoms with E-state index in [1.165, 1.54) is 12.1 Å². The fraction of sp³-hybridized carbons (Fsp3) is 0.125. The lowest BCUT2D eigenvalue weighted by molar-refractivity contribution is -0.385. The summed E-state index contributed by atoms with van der Waals surface area (Å²) in [5.41, 5.74) is -0.154. The number of nitrogens with zero attached hydrogens (tertiary/aromatic N) is 1. The molecule has 0 atom stereocenters. The molecule has 0 spiro atoms. The van der Waals surface area contributed by atoms with Crippen LogP contribution in [0.4, 0.5) is 5.69 Å². The lowest BCUT2D eigenvalue weighted by Gasteiger charge is -2.04. The Hall–Kier alpha value is -1.63. The topological polar surface area (TPSA) is 89.7 Å². The number of nitro groups is 1. The maximum atomic E-state index is 10.4. The van der Waals surface area contributed by atoms with E-state index in [2.05, 4.69) is 15.9 Å². The molecule has 1 N–H and O–H groups in total. The fourth-order valence-electron chi connectivity index (χ4n) is 0.856. The number of aliphatic carboxylic acids is 1. The first-order chi connectivity index (χ1) is 7.00. The molecule has 0 aliphatic carbocycles. The van der Waals surface area contributed by atoms with Crippen molar-refractivity contribution in [1.29, 1.82) is 0 Å². The van der Waals surface area contributed by atoms with Gasteiger partial charge in [0.15, 0.2) is 6.61 Å². The van der Waals surface area contributed by atoms with E-state index < -0.39 is 17.5 Å². The Morgan fingerprint density at radius 3 is 2.80 bits per heavy atom. The molecule has 0 aliphatic heterocycles. The third-order valence-corrected chi connectivity index (χ3v) is 2.13. The van der Waals surface area contributed by atoms with E-state index in [-0.39, 0.29) is 11.4 Å². The zero-order chi connectivity index (χ0) is 11.4. The van der Waals surface area contributed by atoms with Crippen LogP contribution in [0, 0.1) is 10.1 Å². The molecule has 0 unspecified atom stereocenters. The summed E-state index contributed by atoms with van der Waals surface area (Å²) in [6, 6.07) is 3.88. The van der Waals surface area contributed by atoms with Gasteiger partial charge in [-0.15, -0.1) is 0 Å². The van der Waals surface area contributed by atoms with Gasteiger partial charge in [-0.1, -0.05) is 0 Å². The molecule has 80 valence electrons. The zero-order valence-corrected chi connectivity index (χ0v) is 8.93. The van der Waals surface area contributed by atoms with Crippen molar-refractivity contribution in [1.82, 2.24) is 0 Å². The van der Waals surface area contributed by atoms with Crippen LogP contribution in [0.25, 0.3) is 0 Å². The van der Waals surface area contributed by atoms with E-state index in [0.29, 0.717) is 4.47 Å². The number of rotatable bonds is 4. The summed E-state index contributed by atoms with van der Waals surface area (Å²) in [6.45, 7) is -0.542. The molecule has 1 aromatic rings. The van der Waals surface area contributed by atoms with Crippen LogP contribution in [0.1, 0.15) is 0 Å². The number of non-ortho nitro benzene ring substituents is 1. The van der Waals surface area contributed by atoms with Crippen molar-refractivity contribution in [3.05, 3.63) is 32.8 Å². The number of hydrogen-bond donors (Lipinski definition) is 1. The summed E-state index contributed by atoms with van der Waals surface area (Å²) < 4.78 is 5.31. The number of carbonyl (C=O) groups is 1. The van der Waals surface area contributed by atoms with Gasteiger partial charge >= 0.3 is 5.97 Å². The number of nitro benzene ring substituents is 1.